The lowest BCUT2D eigenvalue weighted by atomic mass is 10.0. The highest BCUT2D eigenvalue weighted by atomic mass is 16.5. The lowest BCUT2D eigenvalue weighted by Crippen LogP contribution is -1.85. The molecule has 24 aromatic rings. The SMILES string of the molecule is Cc1ccc(-c2ccc(-c3nnc(-c4ccc(-c5ccc(-c6nnc(-c7ccc(-c8ccc(C)cc8)cc7)o6)cc5)cc4)o3)cc2)cc1.c1ccc(-c2ccc(-c3nnc(-c4ccc(-c5ccc(-c6nnc(-c7ccc(-c8ccccc8)cc7)o6)cc5)cc4)o3)cc2)cc1.c1ccc(-c2ccc(-c3nnc(-c4ccc(Oc5ccc(-c6nnc(-c7ccc(-c8ccccc8)cc7)o6)cc5)cc4)o3)cc2)cc1. The van der Waals surface area contributed by atoms with E-state index in [9.17, 15) is 0 Å². The highest BCUT2D eigenvalue weighted by Gasteiger charge is 2.21. The average Bonchev–Trinajstić information content (AvgIpc) is 1.71. The van der Waals surface area contributed by atoms with Crippen molar-refractivity contribution in [3.63, 3.8) is 0 Å². The third-order valence-corrected chi connectivity index (χ3v) is 24.2. The van der Waals surface area contributed by atoms with Crippen molar-refractivity contribution in [1.29, 1.82) is 0 Å². The summed E-state index contributed by atoms with van der Waals surface area (Å²) in [6, 6.07) is 154. The molecule has 0 saturated heterocycles. The van der Waals surface area contributed by atoms with Crippen LogP contribution in [-0.2, 0) is 0 Å². The standard InChI is InChI=1S/C42H30N4O2.C40H26N4O3.C40H26N4O2/c1-27-3-7-29(8-4-27)31-11-19-35(20-12-31)39-43-45-41(47-39)37-23-15-33(16-24-37)34-17-25-38(26-18-34)42-46-44-40(48-42)36-21-13-32(14-22-36)30-9-5-28(2)6-10-30;1-3-7-27(8-4-1)29-11-15-31(16-12-29)37-41-43-39(46-37)33-19-23-35(24-20-33)45-36-25-21-34(22-26-36)40-44-42-38(47-40)32-17-13-30(14-18-32)28-9-5-2-6-10-28;1-3-7-27(8-4-1)29-11-19-33(20-12-29)37-41-43-39(45-37)35-23-15-31(16-24-35)32-17-25-36(26-18-32)40-44-42-38(46-40)34-21-13-30(14-22-34)28-9-5-2-6-10-28/h3-26H,1-2H3;1-26H;1-26H. The molecule has 0 N–H and O–H groups in total. The van der Waals surface area contributed by atoms with Crippen molar-refractivity contribution in [2.45, 2.75) is 13.8 Å². The summed E-state index contributed by atoms with van der Waals surface area (Å²) in [5.41, 5.74) is 30.8. The molecule has 18 aromatic carbocycles. The summed E-state index contributed by atoms with van der Waals surface area (Å²) in [7, 11) is 0. The number of benzene rings is 18. The minimum Gasteiger partial charge on any atom is -0.457 e. The molecule has 6 heterocycles. The van der Waals surface area contributed by atoms with Gasteiger partial charge in [0.1, 0.15) is 11.5 Å². The number of aromatic nitrogens is 12. The van der Waals surface area contributed by atoms with Crippen LogP contribution in [-0.4, -0.2) is 61.2 Å². The van der Waals surface area contributed by atoms with E-state index in [-0.39, 0.29) is 0 Å². The summed E-state index contributed by atoms with van der Waals surface area (Å²) in [4.78, 5) is 0. The fraction of sp³-hybridized carbons (Fsp3) is 0.0164. The van der Waals surface area contributed by atoms with E-state index in [1.54, 1.807) is 0 Å². The van der Waals surface area contributed by atoms with Gasteiger partial charge >= 0.3 is 0 Å². The third kappa shape index (κ3) is 20.1. The number of rotatable bonds is 22. The number of hydrogen-bond acceptors (Lipinski definition) is 19. The van der Waals surface area contributed by atoms with Crippen molar-refractivity contribution in [3.05, 3.63) is 472 Å². The Labute approximate surface area is 811 Å². The molecular weight excluding hydrogens is 1750 g/mol. The van der Waals surface area contributed by atoms with Crippen molar-refractivity contribution in [2.75, 3.05) is 0 Å². The first-order valence-electron chi connectivity index (χ1n) is 45.9. The number of ether oxygens (including phenoxy) is 1. The van der Waals surface area contributed by atoms with Gasteiger partial charge in [-0.3, -0.25) is 0 Å². The van der Waals surface area contributed by atoms with Gasteiger partial charge in [0.05, 0.1) is 0 Å². The summed E-state index contributed by atoms with van der Waals surface area (Å²) in [5, 5.41) is 51.4. The largest absolute Gasteiger partial charge is 0.457 e. The molecule has 0 aliphatic carbocycles. The average molecular weight is 1830 g/mol. The van der Waals surface area contributed by atoms with E-state index in [4.69, 9.17) is 31.2 Å². The second-order valence-corrected chi connectivity index (χ2v) is 33.6. The Kier molecular flexibility index (Phi) is 24.7. The second kappa shape index (κ2) is 40.0. The Hall–Kier alpha value is -19.4. The predicted molar refractivity (Wildman–Crippen MR) is 551 cm³/mol. The summed E-state index contributed by atoms with van der Waals surface area (Å²) < 4.78 is 42.2. The maximum absolute atomic E-state index is 6.07. The summed E-state index contributed by atoms with van der Waals surface area (Å²) in [5.74, 6) is 7.03. The Morgan fingerprint density at radius 2 is 0.213 bits per heavy atom. The molecule has 19 nitrogen and oxygen atoms in total. The fourth-order valence-electron chi connectivity index (χ4n) is 16.3. The van der Waals surface area contributed by atoms with Crippen LogP contribution in [0.2, 0.25) is 0 Å². The molecule has 0 amide bonds. The van der Waals surface area contributed by atoms with Crippen molar-refractivity contribution in [2.24, 2.45) is 0 Å². The van der Waals surface area contributed by atoms with Gasteiger partial charge in [-0.15, -0.1) is 61.2 Å². The predicted octanol–water partition coefficient (Wildman–Crippen LogP) is 31.1. The van der Waals surface area contributed by atoms with E-state index < -0.39 is 0 Å². The zero-order valence-electron chi connectivity index (χ0n) is 76.1. The lowest BCUT2D eigenvalue weighted by molar-refractivity contribution is 0.482. The molecule has 0 radical (unpaired) electrons. The Bertz CT molecular complexity index is 7810. The Morgan fingerprint density at radius 3 is 0.340 bits per heavy atom. The van der Waals surface area contributed by atoms with Gasteiger partial charge in [0.15, 0.2) is 0 Å². The summed E-state index contributed by atoms with van der Waals surface area (Å²) >= 11 is 0. The topological polar surface area (TPSA) is 243 Å². The Morgan fingerprint density at radius 1 is 0.113 bits per heavy atom. The van der Waals surface area contributed by atoms with Gasteiger partial charge in [-0.2, -0.15) is 0 Å². The number of nitrogens with zero attached hydrogens (tertiary/aromatic N) is 12. The minimum absolute atomic E-state index is 0.439. The van der Waals surface area contributed by atoms with Crippen molar-refractivity contribution in [1.82, 2.24) is 61.2 Å². The molecule has 0 spiro atoms. The van der Waals surface area contributed by atoms with Gasteiger partial charge in [-0.05, 0) is 273 Å². The summed E-state index contributed by atoms with van der Waals surface area (Å²) in [6.07, 6.45) is 0. The van der Waals surface area contributed by atoms with Crippen LogP contribution in [0.25, 0.3) is 226 Å². The van der Waals surface area contributed by atoms with Gasteiger partial charge < -0.3 is 31.2 Å². The van der Waals surface area contributed by atoms with E-state index in [1.807, 2.05) is 267 Å². The van der Waals surface area contributed by atoms with Crippen molar-refractivity contribution < 1.29 is 31.2 Å². The van der Waals surface area contributed by atoms with Crippen molar-refractivity contribution >= 4 is 0 Å². The van der Waals surface area contributed by atoms with E-state index in [1.165, 1.54) is 33.4 Å². The quantitative estimate of drug-likeness (QED) is 0.0612. The lowest BCUT2D eigenvalue weighted by Gasteiger charge is -2.06. The minimum atomic E-state index is 0.439. The Balaban J connectivity index is 0.000000121. The zero-order valence-corrected chi connectivity index (χ0v) is 76.1. The van der Waals surface area contributed by atoms with E-state index in [0.29, 0.717) is 82.2 Å². The van der Waals surface area contributed by atoms with Crippen LogP contribution in [0.3, 0.4) is 0 Å². The molecule has 0 aliphatic heterocycles. The van der Waals surface area contributed by atoms with Gasteiger partial charge in [-0.1, -0.05) is 302 Å². The normalized spacial score (nSPS) is 11.0. The highest BCUT2D eigenvalue weighted by Crippen LogP contribution is 2.39. The van der Waals surface area contributed by atoms with Gasteiger partial charge in [0.2, 0.25) is 70.7 Å². The molecular formula is C122H82N12O7. The first-order valence-corrected chi connectivity index (χ1v) is 45.9. The van der Waals surface area contributed by atoms with Crippen LogP contribution in [0.1, 0.15) is 11.1 Å². The third-order valence-electron chi connectivity index (χ3n) is 24.2. The van der Waals surface area contributed by atoms with Crippen LogP contribution in [0.15, 0.2) is 488 Å². The molecule has 0 fully saturated rings. The highest BCUT2D eigenvalue weighted by molar-refractivity contribution is 5.78. The molecule has 6 aromatic heterocycles. The first-order chi connectivity index (χ1) is 69.6. The zero-order chi connectivity index (χ0) is 94.6. The molecule has 0 unspecified atom stereocenters. The second-order valence-electron chi connectivity index (χ2n) is 33.6. The maximum atomic E-state index is 6.07. The van der Waals surface area contributed by atoms with Crippen LogP contribution < -0.4 is 4.74 Å². The molecule has 672 valence electrons. The van der Waals surface area contributed by atoms with Gasteiger partial charge in [0.25, 0.3) is 0 Å². The van der Waals surface area contributed by atoms with Crippen molar-refractivity contribution in [3.8, 4) is 238 Å². The first kappa shape index (κ1) is 87.0. The molecule has 24 rings (SSSR count). The molecule has 0 saturated carbocycles. The molecule has 141 heavy (non-hydrogen) atoms. The van der Waals surface area contributed by atoms with E-state index >= 15 is 0 Å². The van der Waals surface area contributed by atoms with E-state index in [2.05, 4.69) is 269 Å². The summed E-state index contributed by atoms with van der Waals surface area (Å²) in [6.45, 7) is 4.18. The monoisotopic (exact) mass is 1830 g/mol. The molecule has 0 atom stereocenters. The van der Waals surface area contributed by atoms with Gasteiger partial charge in [0, 0.05) is 66.8 Å². The smallest absolute Gasteiger partial charge is 0.248 e. The van der Waals surface area contributed by atoms with Crippen LogP contribution in [0.4, 0.5) is 0 Å². The number of aryl methyl sites for hydroxylation is 2. The van der Waals surface area contributed by atoms with Gasteiger partial charge in [-0.25, -0.2) is 0 Å². The molecule has 19 heteroatoms. The van der Waals surface area contributed by atoms with Crippen LogP contribution in [0, 0.1) is 13.8 Å². The fourth-order valence-corrected chi connectivity index (χ4v) is 16.3. The maximum Gasteiger partial charge on any atom is 0.248 e. The number of hydrogen-bond donors (Lipinski definition) is 0. The molecule has 0 bridgehead atoms. The van der Waals surface area contributed by atoms with Crippen LogP contribution >= 0.6 is 0 Å². The molecule has 0 aliphatic rings. The van der Waals surface area contributed by atoms with Crippen LogP contribution in [0.5, 0.6) is 11.5 Å². The van der Waals surface area contributed by atoms with E-state index in [0.717, 1.165) is 134 Å².